The molecule has 5 heteroatoms. The molecule has 1 rings (SSSR count). The van der Waals surface area contributed by atoms with Crippen LogP contribution in [0.1, 0.15) is 23.7 Å². The Hall–Kier alpha value is -1.91. The van der Waals surface area contributed by atoms with Crippen molar-refractivity contribution in [3.63, 3.8) is 0 Å². The Morgan fingerprint density at radius 1 is 1.44 bits per heavy atom. The van der Waals surface area contributed by atoms with Crippen LogP contribution in [0.3, 0.4) is 0 Å². The summed E-state index contributed by atoms with van der Waals surface area (Å²) in [4.78, 5) is 30.3. The zero-order valence-electron chi connectivity index (χ0n) is 11.1. The van der Waals surface area contributed by atoms with Gasteiger partial charge in [0.05, 0.1) is 12.1 Å². The van der Waals surface area contributed by atoms with E-state index in [0.29, 0.717) is 17.9 Å². The first-order valence-electron chi connectivity index (χ1n) is 5.95. The molecular formula is C13H19N3O2. The fraction of sp³-hybridized carbons (Fsp3) is 0.462. The number of amides is 1. The maximum absolute atomic E-state index is 11.8. The summed E-state index contributed by atoms with van der Waals surface area (Å²) in [5.41, 5.74) is 0.512. The van der Waals surface area contributed by atoms with Crippen molar-refractivity contribution < 1.29 is 9.59 Å². The Balaban J connectivity index is 2.96. The molecule has 0 fully saturated rings. The van der Waals surface area contributed by atoms with Crippen LogP contribution in [0, 0.1) is 0 Å². The van der Waals surface area contributed by atoms with Gasteiger partial charge in [0.2, 0.25) is 5.91 Å². The van der Waals surface area contributed by atoms with E-state index in [9.17, 15) is 9.59 Å². The summed E-state index contributed by atoms with van der Waals surface area (Å²) in [5.74, 6) is 0.565. The minimum Gasteiger partial charge on any atom is -0.347 e. The first-order chi connectivity index (χ1) is 8.60. The molecule has 1 heterocycles. The van der Waals surface area contributed by atoms with Gasteiger partial charge in [-0.15, -0.1) is 0 Å². The van der Waals surface area contributed by atoms with Crippen LogP contribution in [-0.4, -0.2) is 49.3 Å². The summed E-state index contributed by atoms with van der Waals surface area (Å²) in [6, 6.07) is 3.42. The van der Waals surface area contributed by atoms with E-state index in [1.165, 1.54) is 4.90 Å². The van der Waals surface area contributed by atoms with Crippen LogP contribution in [0.2, 0.25) is 0 Å². The topological polar surface area (TPSA) is 53.5 Å². The molecule has 0 aliphatic heterocycles. The Morgan fingerprint density at radius 3 is 2.72 bits per heavy atom. The molecule has 0 saturated heterocycles. The zero-order chi connectivity index (χ0) is 13.5. The van der Waals surface area contributed by atoms with Crippen molar-refractivity contribution in [3.8, 4) is 0 Å². The number of hydrogen-bond donors (Lipinski definition) is 0. The van der Waals surface area contributed by atoms with Crippen molar-refractivity contribution in [1.29, 1.82) is 0 Å². The van der Waals surface area contributed by atoms with Gasteiger partial charge in [0.25, 0.3) is 0 Å². The van der Waals surface area contributed by atoms with Crippen LogP contribution in [-0.2, 0) is 4.79 Å². The third kappa shape index (κ3) is 3.55. The number of carbonyl (C=O) groups is 2. The summed E-state index contributed by atoms with van der Waals surface area (Å²) < 4.78 is 0. The number of pyridine rings is 1. The van der Waals surface area contributed by atoms with Crippen LogP contribution in [0.5, 0.6) is 0 Å². The molecule has 5 nitrogen and oxygen atoms in total. The Morgan fingerprint density at radius 2 is 2.17 bits per heavy atom. The summed E-state index contributed by atoms with van der Waals surface area (Å²) in [6.45, 7) is 2.95. The average molecular weight is 249 g/mol. The van der Waals surface area contributed by atoms with E-state index in [0.717, 1.165) is 12.7 Å². The minimum atomic E-state index is -0.00838. The molecule has 98 valence electrons. The molecule has 0 bridgehead atoms. The molecule has 0 radical (unpaired) electrons. The lowest BCUT2D eigenvalue weighted by molar-refractivity contribution is -0.127. The lowest BCUT2D eigenvalue weighted by Crippen LogP contribution is -2.38. The van der Waals surface area contributed by atoms with Gasteiger partial charge >= 0.3 is 0 Å². The summed E-state index contributed by atoms with van der Waals surface area (Å²) in [7, 11) is 3.43. The van der Waals surface area contributed by atoms with E-state index in [-0.39, 0.29) is 12.5 Å². The molecule has 0 spiro atoms. The number of carbonyl (C=O) groups excluding carboxylic acids is 2. The fourth-order valence-corrected chi connectivity index (χ4v) is 1.60. The number of rotatable bonds is 6. The van der Waals surface area contributed by atoms with Crippen LogP contribution < -0.4 is 4.90 Å². The number of anilines is 1. The van der Waals surface area contributed by atoms with E-state index < -0.39 is 0 Å². The van der Waals surface area contributed by atoms with E-state index >= 15 is 0 Å². The summed E-state index contributed by atoms with van der Waals surface area (Å²) in [6.07, 6.45) is 3.28. The van der Waals surface area contributed by atoms with E-state index in [4.69, 9.17) is 0 Å². The van der Waals surface area contributed by atoms with Gasteiger partial charge < -0.3 is 9.80 Å². The lowest BCUT2D eigenvalue weighted by Gasteiger charge is -2.25. The normalized spacial score (nSPS) is 9.94. The molecule has 18 heavy (non-hydrogen) atoms. The predicted octanol–water partition coefficient (Wildman–Crippen LogP) is 1.20. The molecule has 0 unspecified atom stereocenters. The highest BCUT2D eigenvalue weighted by atomic mass is 16.2. The number of likely N-dealkylation sites (N-methyl/N-ethyl adjacent to an activating group) is 1. The number of nitrogens with zero attached hydrogens (tertiary/aromatic N) is 3. The smallest absolute Gasteiger partial charge is 0.241 e. The molecule has 0 N–H and O–H groups in total. The predicted molar refractivity (Wildman–Crippen MR) is 70.8 cm³/mol. The molecule has 0 aliphatic carbocycles. The van der Waals surface area contributed by atoms with Gasteiger partial charge in [0, 0.05) is 26.8 Å². The first kappa shape index (κ1) is 14.2. The molecular weight excluding hydrogens is 230 g/mol. The Kier molecular flexibility index (Phi) is 5.30. The highest BCUT2D eigenvalue weighted by Gasteiger charge is 2.16. The van der Waals surface area contributed by atoms with E-state index in [2.05, 4.69) is 4.98 Å². The second-order valence-corrected chi connectivity index (χ2v) is 4.24. The van der Waals surface area contributed by atoms with Crippen molar-refractivity contribution in [2.24, 2.45) is 0 Å². The molecule has 0 saturated carbocycles. The van der Waals surface area contributed by atoms with E-state index in [1.807, 2.05) is 11.8 Å². The largest absolute Gasteiger partial charge is 0.347 e. The monoisotopic (exact) mass is 249 g/mol. The van der Waals surface area contributed by atoms with Crippen molar-refractivity contribution >= 4 is 18.0 Å². The fourth-order valence-electron chi connectivity index (χ4n) is 1.60. The second kappa shape index (κ2) is 6.74. The average Bonchev–Trinajstić information content (AvgIpc) is 2.38. The van der Waals surface area contributed by atoms with Crippen molar-refractivity contribution in [2.75, 3.05) is 32.1 Å². The summed E-state index contributed by atoms with van der Waals surface area (Å²) in [5, 5.41) is 0. The van der Waals surface area contributed by atoms with Gasteiger partial charge in [0.15, 0.2) is 6.29 Å². The lowest BCUT2D eigenvalue weighted by atomic mass is 10.2. The van der Waals surface area contributed by atoms with Crippen molar-refractivity contribution in [2.45, 2.75) is 13.3 Å². The number of aromatic nitrogens is 1. The van der Waals surface area contributed by atoms with Crippen molar-refractivity contribution in [3.05, 3.63) is 23.9 Å². The number of hydrogen-bond acceptors (Lipinski definition) is 4. The van der Waals surface area contributed by atoms with Gasteiger partial charge in [-0.3, -0.25) is 9.59 Å². The van der Waals surface area contributed by atoms with Crippen LogP contribution in [0.25, 0.3) is 0 Å². The summed E-state index contributed by atoms with van der Waals surface area (Å²) >= 11 is 0. The molecule has 0 aromatic carbocycles. The minimum absolute atomic E-state index is 0.00838. The maximum atomic E-state index is 11.8. The highest BCUT2D eigenvalue weighted by Crippen LogP contribution is 2.15. The van der Waals surface area contributed by atoms with Gasteiger partial charge in [0.1, 0.15) is 5.82 Å². The first-order valence-corrected chi connectivity index (χ1v) is 5.95. The SMILES string of the molecule is CCCN(CC(=O)N(C)C)c1ncccc1C=O. The zero-order valence-corrected chi connectivity index (χ0v) is 11.1. The third-order valence-corrected chi connectivity index (χ3v) is 2.56. The van der Waals surface area contributed by atoms with Gasteiger partial charge in [-0.1, -0.05) is 6.92 Å². The second-order valence-electron chi connectivity index (χ2n) is 4.24. The third-order valence-electron chi connectivity index (χ3n) is 2.56. The molecule has 0 aliphatic rings. The van der Waals surface area contributed by atoms with Crippen LogP contribution >= 0.6 is 0 Å². The van der Waals surface area contributed by atoms with Crippen LogP contribution in [0.4, 0.5) is 5.82 Å². The van der Waals surface area contributed by atoms with Crippen LogP contribution in [0.15, 0.2) is 18.3 Å². The maximum Gasteiger partial charge on any atom is 0.241 e. The van der Waals surface area contributed by atoms with Crippen molar-refractivity contribution in [1.82, 2.24) is 9.88 Å². The Labute approximate surface area is 107 Å². The molecule has 1 aromatic rings. The molecule has 1 amide bonds. The quantitative estimate of drug-likeness (QED) is 0.711. The standard InChI is InChI=1S/C13H19N3O2/c1-4-8-16(9-12(18)15(2)3)13-11(10-17)6-5-7-14-13/h5-7,10H,4,8-9H2,1-3H3. The van der Waals surface area contributed by atoms with Gasteiger partial charge in [-0.2, -0.15) is 0 Å². The highest BCUT2D eigenvalue weighted by molar-refractivity contribution is 5.86. The number of aldehydes is 1. The van der Waals surface area contributed by atoms with Gasteiger partial charge in [-0.25, -0.2) is 4.98 Å². The molecule has 0 atom stereocenters. The Bertz CT molecular complexity index is 418. The van der Waals surface area contributed by atoms with E-state index in [1.54, 1.807) is 32.4 Å². The molecule has 1 aromatic heterocycles. The van der Waals surface area contributed by atoms with Gasteiger partial charge in [-0.05, 0) is 18.6 Å².